The molecule has 1 atom stereocenters. The highest BCUT2D eigenvalue weighted by molar-refractivity contribution is 6.35. The Morgan fingerprint density at radius 3 is 2.59 bits per heavy atom. The third kappa shape index (κ3) is 4.72. The summed E-state index contributed by atoms with van der Waals surface area (Å²) in [5, 5.41) is 3.91. The Hall–Kier alpha value is -1.83. The Kier molecular flexibility index (Phi) is 7.47. The molecule has 0 aromatic heterocycles. The number of piperazine rings is 2. The molecular formula is C18H24Cl2N4O3. The molecule has 2 heterocycles. The maximum atomic E-state index is 12.9. The third-order valence-electron chi connectivity index (χ3n) is 4.90. The van der Waals surface area contributed by atoms with Gasteiger partial charge in [0.25, 0.3) is 0 Å². The molecule has 3 amide bonds. The van der Waals surface area contributed by atoms with Crippen LogP contribution in [0.15, 0.2) is 24.3 Å². The molecule has 0 radical (unpaired) electrons. The lowest BCUT2D eigenvalue weighted by molar-refractivity contribution is -0.158. The van der Waals surface area contributed by atoms with E-state index in [4.69, 9.17) is 11.6 Å². The second-order valence-electron chi connectivity index (χ2n) is 6.47. The maximum Gasteiger partial charge on any atom is 0.312 e. The lowest BCUT2D eigenvalue weighted by Gasteiger charge is -2.39. The van der Waals surface area contributed by atoms with Gasteiger partial charge in [0.15, 0.2) is 0 Å². The third-order valence-corrected chi connectivity index (χ3v) is 5.14. The molecule has 3 rings (SSSR count). The average Bonchev–Trinajstić information content (AvgIpc) is 2.65. The molecule has 0 aliphatic carbocycles. The van der Waals surface area contributed by atoms with Crippen molar-refractivity contribution in [2.75, 3.05) is 45.8 Å². The molecule has 9 heteroatoms. The lowest BCUT2D eigenvalue weighted by Crippen LogP contribution is -2.58. The van der Waals surface area contributed by atoms with Gasteiger partial charge in [-0.25, -0.2) is 0 Å². The minimum atomic E-state index is -0.596. The van der Waals surface area contributed by atoms with E-state index in [0.29, 0.717) is 44.3 Å². The number of hydrogen-bond donors (Lipinski definition) is 1. The van der Waals surface area contributed by atoms with Gasteiger partial charge in [-0.05, 0) is 24.6 Å². The Labute approximate surface area is 170 Å². The first-order valence-corrected chi connectivity index (χ1v) is 9.23. The number of likely N-dealkylation sites (N-methyl/N-ethyl adjacent to an activating group) is 1. The minimum absolute atomic E-state index is 0. The second-order valence-corrected chi connectivity index (χ2v) is 6.91. The van der Waals surface area contributed by atoms with Crippen LogP contribution in [0.1, 0.15) is 18.5 Å². The van der Waals surface area contributed by atoms with Gasteiger partial charge in [-0.3, -0.25) is 14.4 Å². The van der Waals surface area contributed by atoms with E-state index in [9.17, 15) is 14.4 Å². The smallest absolute Gasteiger partial charge is 0.312 e. The molecule has 148 valence electrons. The fraction of sp³-hybridized carbons (Fsp3) is 0.500. The summed E-state index contributed by atoms with van der Waals surface area (Å²) in [5.74, 6) is -1.28. The molecule has 2 aliphatic rings. The van der Waals surface area contributed by atoms with Crippen molar-refractivity contribution in [2.45, 2.75) is 13.0 Å². The molecule has 1 aromatic rings. The van der Waals surface area contributed by atoms with E-state index in [0.717, 1.165) is 5.56 Å². The van der Waals surface area contributed by atoms with Gasteiger partial charge >= 0.3 is 11.8 Å². The van der Waals surface area contributed by atoms with Gasteiger partial charge in [0, 0.05) is 44.3 Å². The lowest BCUT2D eigenvalue weighted by atomic mass is 10.0. The summed E-state index contributed by atoms with van der Waals surface area (Å²) >= 11 is 6.09. The van der Waals surface area contributed by atoms with Crippen LogP contribution in [0.4, 0.5) is 0 Å². The van der Waals surface area contributed by atoms with Gasteiger partial charge in [-0.15, -0.1) is 12.4 Å². The highest BCUT2D eigenvalue weighted by atomic mass is 35.5. The number of benzene rings is 1. The van der Waals surface area contributed by atoms with Crippen molar-refractivity contribution in [3.63, 3.8) is 0 Å². The van der Waals surface area contributed by atoms with Crippen LogP contribution in [0, 0.1) is 0 Å². The first kappa shape index (κ1) is 21.5. The van der Waals surface area contributed by atoms with Crippen molar-refractivity contribution >= 4 is 41.7 Å². The topological polar surface area (TPSA) is 73.0 Å². The van der Waals surface area contributed by atoms with E-state index in [1.165, 1.54) is 9.80 Å². The molecule has 0 spiro atoms. The summed E-state index contributed by atoms with van der Waals surface area (Å²) in [6, 6.07) is 7.32. The van der Waals surface area contributed by atoms with Crippen LogP contribution in [0.3, 0.4) is 0 Å². The zero-order valence-corrected chi connectivity index (χ0v) is 16.8. The highest BCUT2D eigenvalue weighted by Gasteiger charge is 2.35. The molecule has 2 saturated heterocycles. The first-order chi connectivity index (χ1) is 12.5. The van der Waals surface area contributed by atoms with E-state index in [-0.39, 0.29) is 30.9 Å². The molecule has 0 bridgehead atoms. The Bertz CT molecular complexity index is 716. The first-order valence-electron chi connectivity index (χ1n) is 8.85. The zero-order chi connectivity index (χ0) is 18.7. The number of rotatable bonds is 4. The number of amides is 3. The predicted octanol–water partition coefficient (Wildman–Crippen LogP) is 0.925. The van der Waals surface area contributed by atoms with Gasteiger partial charge in [-0.1, -0.05) is 23.7 Å². The van der Waals surface area contributed by atoms with Crippen LogP contribution in [0.2, 0.25) is 5.02 Å². The van der Waals surface area contributed by atoms with Crippen molar-refractivity contribution in [2.24, 2.45) is 0 Å². The van der Waals surface area contributed by atoms with Gasteiger partial charge < -0.3 is 20.0 Å². The summed E-state index contributed by atoms with van der Waals surface area (Å²) < 4.78 is 0. The number of halogens is 2. The zero-order valence-electron chi connectivity index (χ0n) is 15.2. The van der Waals surface area contributed by atoms with Gasteiger partial charge in [0.05, 0.1) is 6.04 Å². The number of hydrogen-bond acceptors (Lipinski definition) is 4. The van der Waals surface area contributed by atoms with Crippen molar-refractivity contribution < 1.29 is 14.4 Å². The molecule has 0 saturated carbocycles. The minimum Gasteiger partial charge on any atom is -0.333 e. The van der Waals surface area contributed by atoms with E-state index in [1.807, 2.05) is 25.1 Å². The summed E-state index contributed by atoms with van der Waals surface area (Å²) in [6.07, 6.45) is 0. The van der Waals surface area contributed by atoms with Crippen LogP contribution in [-0.4, -0.2) is 78.2 Å². The average molecular weight is 415 g/mol. The number of nitrogens with one attached hydrogen (secondary N) is 1. The van der Waals surface area contributed by atoms with E-state index in [1.54, 1.807) is 11.0 Å². The van der Waals surface area contributed by atoms with E-state index >= 15 is 0 Å². The van der Waals surface area contributed by atoms with Crippen molar-refractivity contribution in [3.05, 3.63) is 34.9 Å². The number of carbonyl (C=O) groups is 3. The molecule has 1 N–H and O–H groups in total. The molecule has 7 nitrogen and oxygen atoms in total. The van der Waals surface area contributed by atoms with Crippen molar-refractivity contribution in [3.8, 4) is 0 Å². The Morgan fingerprint density at radius 1 is 1.19 bits per heavy atom. The van der Waals surface area contributed by atoms with Crippen LogP contribution in [-0.2, 0) is 14.4 Å². The van der Waals surface area contributed by atoms with Crippen LogP contribution in [0.5, 0.6) is 0 Å². The Balaban J connectivity index is 0.00000261. The fourth-order valence-corrected chi connectivity index (χ4v) is 3.63. The van der Waals surface area contributed by atoms with Crippen LogP contribution in [0.25, 0.3) is 0 Å². The van der Waals surface area contributed by atoms with Gasteiger partial charge in [0.2, 0.25) is 5.91 Å². The van der Waals surface area contributed by atoms with Crippen molar-refractivity contribution in [1.29, 1.82) is 0 Å². The quantitative estimate of drug-likeness (QED) is 0.743. The molecule has 1 unspecified atom stereocenters. The standard InChI is InChI=1S/C18H23ClN4O3.ClH/c1-2-21-8-9-22(18(26)17(21)25)12-16(24)23-7-6-20-11-15(23)13-4-3-5-14(19)10-13;/h3-5,10,15,20H,2,6-9,11-12H2,1H3;1H. The van der Waals surface area contributed by atoms with Gasteiger partial charge in [-0.2, -0.15) is 0 Å². The fourth-order valence-electron chi connectivity index (χ4n) is 3.44. The molecule has 27 heavy (non-hydrogen) atoms. The number of carbonyl (C=O) groups excluding carboxylic acids is 3. The van der Waals surface area contributed by atoms with Gasteiger partial charge in [0.1, 0.15) is 6.54 Å². The molecular weight excluding hydrogens is 391 g/mol. The summed E-state index contributed by atoms with van der Waals surface area (Å²) in [6.45, 7) is 4.99. The van der Waals surface area contributed by atoms with Crippen molar-refractivity contribution in [1.82, 2.24) is 20.0 Å². The second kappa shape index (κ2) is 9.39. The largest absolute Gasteiger partial charge is 0.333 e. The maximum absolute atomic E-state index is 12.9. The summed E-state index contributed by atoms with van der Waals surface area (Å²) in [7, 11) is 0. The molecule has 2 fully saturated rings. The summed E-state index contributed by atoms with van der Waals surface area (Å²) in [4.78, 5) is 41.8. The Morgan fingerprint density at radius 2 is 1.89 bits per heavy atom. The van der Waals surface area contributed by atoms with Crippen LogP contribution < -0.4 is 5.32 Å². The monoisotopic (exact) mass is 414 g/mol. The number of nitrogens with zero attached hydrogens (tertiary/aromatic N) is 3. The highest BCUT2D eigenvalue weighted by Crippen LogP contribution is 2.25. The molecule has 2 aliphatic heterocycles. The van der Waals surface area contributed by atoms with E-state index in [2.05, 4.69) is 5.32 Å². The molecule has 1 aromatic carbocycles. The van der Waals surface area contributed by atoms with Crippen LogP contribution >= 0.6 is 24.0 Å². The normalized spacial score (nSPS) is 20.5. The SMILES string of the molecule is CCN1CCN(CC(=O)N2CCNCC2c2cccc(Cl)c2)C(=O)C1=O.Cl. The summed E-state index contributed by atoms with van der Waals surface area (Å²) in [5.41, 5.74) is 0.955. The van der Waals surface area contributed by atoms with E-state index < -0.39 is 11.8 Å². The predicted molar refractivity (Wildman–Crippen MR) is 105 cm³/mol.